The Balaban J connectivity index is 2.74. The average Bonchev–Trinajstić information content (AvgIpc) is 2.09. The highest BCUT2D eigenvalue weighted by Gasteiger charge is 2.05. The van der Waals surface area contributed by atoms with E-state index in [1.807, 2.05) is 18.2 Å². The van der Waals surface area contributed by atoms with Gasteiger partial charge >= 0.3 is 0 Å². The van der Waals surface area contributed by atoms with Crippen molar-refractivity contribution in [3.63, 3.8) is 0 Å². The molecule has 0 aliphatic heterocycles. The predicted octanol–water partition coefficient (Wildman–Crippen LogP) is 2.12. The van der Waals surface area contributed by atoms with Gasteiger partial charge in [0, 0.05) is 11.2 Å². The van der Waals surface area contributed by atoms with Crippen LogP contribution in [0.1, 0.15) is 11.5 Å². The van der Waals surface area contributed by atoms with Crippen LogP contribution in [-0.2, 0) is 0 Å². The minimum absolute atomic E-state index is 0.455. The molecule has 60 valence electrons. The maximum atomic E-state index is 5.59. The van der Waals surface area contributed by atoms with Crippen molar-refractivity contribution in [3.8, 4) is 0 Å². The van der Waals surface area contributed by atoms with Crippen molar-refractivity contribution in [3.05, 3.63) is 35.9 Å². The Morgan fingerprint density at radius 2 is 1.91 bits per heavy atom. The fourth-order valence-electron chi connectivity index (χ4n) is 1.01. The molecule has 1 rings (SSSR count). The molecule has 0 bridgehead atoms. The average molecular weight is 214 g/mol. The standard InChI is InChI=1S/C9H12BrN/c10-6-9(7-11)8-4-2-1-3-5-8/h1-5,9H,6-7,11H2. The van der Waals surface area contributed by atoms with Gasteiger partial charge in [0.1, 0.15) is 0 Å². The number of nitrogens with two attached hydrogens (primary N) is 1. The molecular weight excluding hydrogens is 202 g/mol. The maximum absolute atomic E-state index is 5.59. The summed E-state index contributed by atoms with van der Waals surface area (Å²) in [4.78, 5) is 0. The van der Waals surface area contributed by atoms with Gasteiger partial charge in [0.2, 0.25) is 0 Å². The second kappa shape index (κ2) is 4.52. The smallest absolute Gasteiger partial charge is 0.0112 e. The molecule has 0 fully saturated rings. The highest BCUT2D eigenvalue weighted by molar-refractivity contribution is 9.09. The van der Waals surface area contributed by atoms with Gasteiger partial charge in [0.25, 0.3) is 0 Å². The molecule has 1 nitrogen and oxygen atoms in total. The van der Waals surface area contributed by atoms with Crippen molar-refractivity contribution >= 4 is 15.9 Å². The number of alkyl halides is 1. The third-order valence-electron chi connectivity index (χ3n) is 1.74. The Morgan fingerprint density at radius 1 is 1.27 bits per heavy atom. The molecule has 0 saturated carbocycles. The number of hydrogen-bond acceptors (Lipinski definition) is 1. The maximum Gasteiger partial charge on any atom is 0.0112 e. The Bertz CT molecular complexity index is 194. The van der Waals surface area contributed by atoms with Gasteiger partial charge in [-0.25, -0.2) is 0 Å². The Morgan fingerprint density at radius 3 is 2.36 bits per heavy atom. The van der Waals surface area contributed by atoms with Crippen LogP contribution in [0.25, 0.3) is 0 Å². The molecule has 0 radical (unpaired) electrons. The third-order valence-corrected chi connectivity index (χ3v) is 2.52. The lowest BCUT2D eigenvalue weighted by atomic mass is 10.0. The lowest BCUT2D eigenvalue weighted by molar-refractivity contribution is 0.790. The normalized spacial score (nSPS) is 12.9. The van der Waals surface area contributed by atoms with Gasteiger partial charge in [0.05, 0.1) is 0 Å². The number of halogens is 1. The molecular formula is C9H12BrN. The molecule has 1 aromatic rings. The topological polar surface area (TPSA) is 26.0 Å². The molecule has 1 aromatic carbocycles. The molecule has 2 N–H and O–H groups in total. The first-order valence-corrected chi connectivity index (χ1v) is 4.81. The summed E-state index contributed by atoms with van der Waals surface area (Å²) in [5, 5.41) is 0.938. The quantitative estimate of drug-likeness (QED) is 0.766. The Kier molecular flexibility index (Phi) is 3.60. The van der Waals surface area contributed by atoms with E-state index < -0.39 is 0 Å². The molecule has 2 heteroatoms. The molecule has 1 atom stereocenters. The molecule has 0 aromatic heterocycles. The lowest BCUT2D eigenvalue weighted by Gasteiger charge is -2.10. The molecule has 0 aliphatic rings. The van der Waals surface area contributed by atoms with Crippen molar-refractivity contribution in [1.82, 2.24) is 0 Å². The summed E-state index contributed by atoms with van der Waals surface area (Å²) >= 11 is 3.43. The first-order chi connectivity index (χ1) is 5.38. The first-order valence-electron chi connectivity index (χ1n) is 3.69. The van der Waals surface area contributed by atoms with Crippen LogP contribution < -0.4 is 5.73 Å². The molecule has 0 saturated heterocycles. The van der Waals surface area contributed by atoms with E-state index in [0.717, 1.165) is 5.33 Å². The van der Waals surface area contributed by atoms with Crippen LogP contribution in [-0.4, -0.2) is 11.9 Å². The minimum atomic E-state index is 0.455. The lowest BCUT2D eigenvalue weighted by Crippen LogP contribution is -2.13. The van der Waals surface area contributed by atoms with Crippen LogP contribution in [0.5, 0.6) is 0 Å². The van der Waals surface area contributed by atoms with Gasteiger partial charge in [-0.05, 0) is 12.1 Å². The summed E-state index contributed by atoms with van der Waals surface area (Å²) in [7, 11) is 0. The van der Waals surface area contributed by atoms with Crippen molar-refractivity contribution in [2.24, 2.45) is 5.73 Å². The second-order valence-corrected chi connectivity index (χ2v) is 3.15. The molecule has 0 heterocycles. The third kappa shape index (κ3) is 2.31. The van der Waals surface area contributed by atoms with Crippen molar-refractivity contribution < 1.29 is 0 Å². The summed E-state index contributed by atoms with van der Waals surface area (Å²) in [6.45, 7) is 0.704. The van der Waals surface area contributed by atoms with E-state index in [0.29, 0.717) is 12.5 Å². The van der Waals surface area contributed by atoms with Crippen LogP contribution in [0.2, 0.25) is 0 Å². The number of rotatable bonds is 3. The van der Waals surface area contributed by atoms with Gasteiger partial charge in [-0.15, -0.1) is 0 Å². The summed E-state index contributed by atoms with van der Waals surface area (Å²) in [6.07, 6.45) is 0. The fraction of sp³-hybridized carbons (Fsp3) is 0.333. The van der Waals surface area contributed by atoms with Crippen LogP contribution >= 0.6 is 15.9 Å². The zero-order chi connectivity index (χ0) is 8.10. The van der Waals surface area contributed by atoms with Crippen LogP contribution in [0.3, 0.4) is 0 Å². The van der Waals surface area contributed by atoms with Crippen molar-refractivity contribution in [1.29, 1.82) is 0 Å². The minimum Gasteiger partial charge on any atom is -0.330 e. The zero-order valence-corrected chi connectivity index (χ0v) is 7.92. The number of benzene rings is 1. The van der Waals surface area contributed by atoms with E-state index in [1.165, 1.54) is 5.56 Å². The predicted molar refractivity (Wildman–Crippen MR) is 52.0 cm³/mol. The summed E-state index contributed by atoms with van der Waals surface area (Å²) in [5.74, 6) is 0.455. The van der Waals surface area contributed by atoms with Gasteiger partial charge in [0.15, 0.2) is 0 Å². The summed E-state index contributed by atoms with van der Waals surface area (Å²) < 4.78 is 0. The first kappa shape index (κ1) is 8.75. The fourth-order valence-corrected chi connectivity index (χ4v) is 1.65. The number of hydrogen-bond donors (Lipinski definition) is 1. The monoisotopic (exact) mass is 213 g/mol. The van der Waals surface area contributed by atoms with Crippen LogP contribution in [0.4, 0.5) is 0 Å². The highest BCUT2D eigenvalue weighted by atomic mass is 79.9. The van der Waals surface area contributed by atoms with E-state index in [1.54, 1.807) is 0 Å². The zero-order valence-electron chi connectivity index (χ0n) is 6.33. The van der Waals surface area contributed by atoms with E-state index in [9.17, 15) is 0 Å². The molecule has 11 heavy (non-hydrogen) atoms. The van der Waals surface area contributed by atoms with Crippen molar-refractivity contribution in [2.75, 3.05) is 11.9 Å². The van der Waals surface area contributed by atoms with Crippen molar-refractivity contribution in [2.45, 2.75) is 5.92 Å². The Labute approximate surface area is 75.7 Å². The molecule has 0 amide bonds. The van der Waals surface area contributed by atoms with Crippen LogP contribution in [0, 0.1) is 0 Å². The Hall–Kier alpha value is -0.340. The van der Waals surface area contributed by atoms with Gasteiger partial charge in [-0.3, -0.25) is 0 Å². The summed E-state index contributed by atoms with van der Waals surface area (Å²) in [6, 6.07) is 10.3. The SMILES string of the molecule is NCC(CBr)c1ccccc1. The summed E-state index contributed by atoms with van der Waals surface area (Å²) in [5.41, 5.74) is 6.90. The largest absolute Gasteiger partial charge is 0.330 e. The van der Waals surface area contributed by atoms with Gasteiger partial charge in [-0.1, -0.05) is 46.3 Å². The van der Waals surface area contributed by atoms with Gasteiger partial charge in [-0.2, -0.15) is 0 Å². The molecule has 0 aliphatic carbocycles. The second-order valence-electron chi connectivity index (χ2n) is 2.50. The van der Waals surface area contributed by atoms with Crippen LogP contribution in [0.15, 0.2) is 30.3 Å². The van der Waals surface area contributed by atoms with E-state index in [2.05, 4.69) is 28.1 Å². The molecule has 0 spiro atoms. The highest BCUT2D eigenvalue weighted by Crippen LogP contribution is 2.15. The van der Waals surface area contributed by atoms with E-state index in [-0.39, 0.29) is 0 Å². The molecule has 1 unspecified atom stereocenters. The van der Waals surface area contributed by atoms with E-state index >= 15 is 0 Å². The van der Waals surface area contributed by atoms with E-state index in [4.69, 9.17) is 5.73 Å². The van der Waals surface area contributed by atoms with Gasteiger partial charge < -0.3 is 5.73 Å².